The molecule has 1 heterocycles. The second kappa shape index (κ2) is 5.55. The van der Waals surface area contributed by atoms with Crippen molar-refractivity contribution in [3.05, 3.63) is 37.9 Å². The molecule has 18 heavy (non-hydrogen) atoms. The van der Waals surface area contributed by atoms with Crippen LogP contribution in [0.25, 0.3) is 11.4 Å². The van der Waals surface area contributed by atoms with Gasteiger partial charge in [0.15, 0.2) is 5.82 Å². The zero-order chi connectivity index (χ0) is 13.3. The molecule has 2 rings (SSSR count). The average Bonchev–Trinajstić information content (AvgIpc) is 2.35. The first-order valence-corrected chi connectivity index (χ1v) is 7.16. The van der Waals surface area contributed by atoms with Crippen molar-refractivity contribution in [2.45, 2.75) is 6.92 Å². The van der Waals surface area contributed by atoms with E-state index in [1.165, 1.54) is 0 Å². The largest absolute Gasteiger partial charge is 0.372 e. The number of anilines is 1. The van der Waals surface area contributed by atoms with Gasteiger partial charge < -0.3 is 5.32 Å². The Labute approximate surface area is 127 Å². The summed E-state index contributed by atoms with van der Waals surface area (Å²) < 4.78 is 1.78. The molecule has 0 amide bonds. The van der Waals surface area contributed by atoms with Gasteiger partial charge in [0.05, 0.1) is 10.2 Å². The van der Waals surface area contributed by atoms with Crippen LogP contribution in [0.1, 0.15) is 5.69 Å². The maximum absolute atomic E-state index is 6.01. The van der Waals surface area contributed by atoms with Crippen LogP contribution in [0, 0.1) is 6.92 Å². The summed E-state index contributed by atoms with van der Waals surface area (Å²) in [6.07, 6.45) is 0. The summed E-state index contributed by atoms with van der Waals surface area (Å²) in [6, 6.07) is 5.55. The molecular formula is C12H10Br2ClN3. The number of hydrogen-bond acceptors (Lipinski definition) is 3. The van der Waals surface area contributed by atoms with Gasteiger partial charge in [0.2, 0.25) is 0 Å². The van der Waals surface area contributed by atoms with E-state index in [-0.39, 0.29) is 0 Å². The lowest BCUT2D eigenvalue weighted by atomic mass is 10.2. The average molecular weight is 391 g/mol. The van der Waals surface area contributed by atoms with E-state index in [2.05, 4.69) is 47.1 Å². The minimum atomic E-state index is 0.634. The Kier molecular flexibility index (Phi) is 4.25. The van der Waals surface area contributed by atoms with Gasteiger partial charge in [0, 0.05) is 22.1 Å². The highest BCUT2D eigenvalue weighted by atomic mass is 79.9. The van der Waals surface area contributed by atoms with Gasteiger partial charge in [-0.25, -0.2) is 9.97 Å². The second-order valence-corrected chi connectivity index (χ2v) is 5.75. The van der Waals surface area contributed by atoms with Gasteiger partial charge in [-0.3, -0.25) is 0 Å². The van der Waals surface area contributed by atoms with E-state index in [9.17, 15) is 0 Å². The monoisotopic (exact) mass is 389 g/mol. The first-order chi connectivity index (χ1) is 8.52. The third-order valence-corrected chi connectivity index (χ3v) is 4.30. The molecule has 6 heteroatoms. The highest BCUT2D eigenvalue weighted by Gasteiger charge is 2.12. The Morgan fingerprint density at radius 2 is 1.94 bits per heavy atom. The van der Waals surface area contributed by atoms with Crippen molar-refractivity contribution in [2.24, 2.45) is 0 Å². The predicted molar refractivity (Wildman–Crippen MR) is 82.2 cm³/mol. The summed E-state index contributed by atoms with van der Waals surface area (Å²) in [5, 5.41) is 3.69. The molecule has 1 aromatic carbocycles. The van der Waals surface area contributed by atoms with E-state index in [1.807, 2.05) is 32.2 Å². The van der Waals surface area contributed by atoms with Crippen LogP contribution in [0.2, 0.25) is 5.02 Å². The SMILES string of the molecule is CNc1nc(-c2cc(Cl)ccc2Br)nc(C)c1Br. The number of nitrogens with zero attached hydrogens (tertiary/aromatic N) is 2. The van der Waals surface area contributed by atoms with Crippen LogP contribution in [0.5, 0.6) is 0 Å². The van der Waals surface area contributed by atoms with Crippen molar-refractivity contribution in [2.75, 3.05) is 12.4 Å². The Balaban J connectivity index is 2.64. The van der Waals surface area contributed by atoms with Crippen LogP contribution < -0.4 is 5.32 Å². The number of halogens is 3. The van der Waals surface area contributed by atoms with Crippen LogP contribution in [0.15, 0.2) is 27.1 Å². The molecule has 0 fully saturated rings. The molecule has 0 atom stereocenters. The smallest absolute Gasteiger partial charge is 0.163 e. The summed E-state index contributed by atoms with van der Waals surface area (Å²) in [7, 11) is 1.82. The maximum atomic E-state index is 6.01. The quantitative estimate of drug-likeness (QED) is 0.808. The third kappa shape index (κ3) is 2.68. The summed E-state index contributed by atoms with van der Waals surface area (Å²) >= 11 is 13.0. The highest BCUT2D eigenvalue weighted by Crippen LogP contribution is 2.32. The van der Waals surface area contributed by atoms with Crippen LogP contribution in [0.3, 0.4) is 0 Å². The normalized spacial score (nSPS) is 10.5. The van der Waals surface area contributed by atoms with E-state index in [0.717, 1.165) is 26.0 Å². The van der Waals surface area contributed by atoms with Crippen molar-refractivity contribution in [3.8, 4) is 11.4 Å². The standard InChI is InChI=1S/C12H10Br2ClN3/c1-6-10(14)12(16-2)18-11(17-6)8-5-7(15)3-4-9(8)13/h3-5H,1-2H3,(H,16,17,18). The molecule has 0 saturated heterocycles. The molecule has 0 aliphatic rings. The Morgan fingerprint density at radius 1 is 1.22 bits per heavy atom. The Morgan fingerprint density at radius 3 is 2.61 bits per heavy atom. The fourth-order valence-corrected chi connectivity index (χ4v) is 2.49. The molecule has 0 unspecified atom stereocenters. The van der Waals surface area contributed by atoms with Crippen LogP contribution in [-0.2, 0) is 0 Å². The van der Waals surface area contributed by atoms with Gasteiger partial charge in [-0.1, -0.05) is 27.5 Å². The van der Waals surface area contributed by atoms with Gasteiger partial charge in [-0.05, 0) is 41.1 Å². The molecule has 0 bridgehead atoms. The number of hydrogen-bond donors (Lipinski definition) is 1. The van der Waals surface area contributed by atoms with E-state index in [4.69, 9.17) is 11.6 Å². The second-order valence-electron chi connectivity index (χ2n) is 3.67. The van der Waals surface area contributed by atoms with Gasteiger partial charge >= 0.3 is 0 Å². The van der Waals surface area contributed by atoms with Gasteiger partial charge in [-0.15, -0.1) is 0 Å². The predicted octanol–water partition coefficient (Wildman–Crippen LogP) is 4.67. The van der Waals surface area contributed by atoms with Gasteiger partial charge in [0.1, 0.15) is 5.82 Å². The molecule has 0 spiro atoms. The topological polar surface area (TPSA) is 37.8 Å². The zero-order valence-electron chi connectivity index (χ0n) is 9.76. The van der Waals surface area contributed by atoms with Gasteiger partial charge in [-0.2, -0.15) is 0 Å². The molecule has 2 aromatic rings. The summed E-state index contributed by atoms with van der Waals surface area (Å²) in [5.74, 6) is 1.39. The lowest BCUT2D eigenvalue weighted by Crippen LogP contribution is -2.01. The van der Waals surface area contributed by atoms with Crippen molar-refractivity contribution < 1.29 is 0 Å². The third-order valence-electron chi connectivity index (χ3n) is 2.42. The van der Waals surface area contributed by atoms with Crippen molar-refractivity contribution in [1.82, 2.24) is 9.97 Å². The maximum Gasteiger partial charge on any atom is 0.163 e. The molecule has 1 aromatic heterocycles. The van der Waals surface area contributed by atoms with Crippen molar-refractivity contribution in [3.63, 3.8) is 0 Å². The molecule has 3 nitrogen and oxygen atoms in total. The van der Waals surface area contributed by atoms with E-state index >= 15 is 0 Å². The first-order valence-electron chi connectivity index (χ1n) is 5.20. The molecule has 94 valence electrons. The number of nitrogens with one attached hydrogen (secondary N) is 1. The Bertz CT molecular complexity index is 602. The zero-order valence-corrected chi connectivity index (χ0v) is 13.7. The molecule has 0 aliphatic heterocycles. The van der Waals surface area contributed by atoms with Crippen molar-refractivity contribution in [1.29, 1.82) is 0 Å². The molecular weight excluding hydrogens is 381 g/mol. The number of rotatable bonds is 2. The fourth-order valence-electron chi connectivity index (χ4n) is 1.51. The van der Waals surface area contributed by atoms with Gasteiger partial charge in [0.25, 0.3) is 0 Å². The van der Waals surface area contributed by atoms with Crippen LogP contribution >= 0.6 is 43.5 Å². The number of aromatic nitrogens is 2. The van der Waals surface area contributed by atoms with Crippen LogP contribution in [0.4, 0.5) is 5.82 Å². The number of benzene rings is 1. The molecule has 0 radical (unpaired) electrons. The molecule has 0 aliphatic carbocycles. The lowest BCUT2D eigenvalue weighted by molar-refractivity contribution is 1.09. The van der Waals surface area contributed by atoms with E-state index in [1.54, 1.807) is 0 Å². The summed E-state index contributed by atoms with van der Waals surface area (Å²) in [4.78, 5) is 8.93. The highest BCUT2D eigenvalue weighted by molar-refractivity contribution is 9.11. The molecule has 0 saturated carbocycles. The number of aryl methyl sites for hydroxylation is 1. The summed E-state index contributed by atoms with van der Waals surface area (Å²) in [5.41, 5.74) is 1.74. The fraction of sp³-hybridized carbons (Fsp3) is 0.167. The summed E-state index contributed by atoms with van der Waals surface area (Å²) in [6.45, 7) is 1.93. The van der Waals surface area contributed by atoms with E-state index in [0.29, 0.717) is 10.8 Å². The minimum absolute atomic E-state index is 0.634. The van der Waals surface area contributed by atoms with Crippen molar-refractivity contribution >= 4 is 49.3 Å². The molecule has 1 N–H and O–H groups in total. The van der Waals surface area contributed by atoms with Crippen LogP contribution in [-0.4, -0.2) is 17.0 Å². The Hall–Kier alpha value is -0.650. The minimum Gasteiger partial charge on any atom is -0.372 e. The first kappa shape index (κ1) is 13.8. The van der Waals surface area contributed by atoms with E-state index < -0.39 is 0 Å². The lowest BCUT2D eigenvalue weighted by Gasteiger charge is -2.10.